The Morgan fingerprint density at radius 1 is 1.38 bits per heavy atom. The summed E-state index contributed by atoms with van der Waals surface area (Å²) in [6.07, 6.45) is 0.265. The maximum absolute atomic E-state index is 11.8. The van der Waals surface area contributed by atoms with Crippen LogP contribution in [0.25, 0.3) is 0 Å². The lowest BCUT2D eigenvalue weighted by Crippen LogP contribution is -2.51. The first-order chi connectivity index (χ1) is 7.52. The molecule has 1 rings (SSSR count). The number of hydrogen-bond acceptors (Lipinski definition) is 3. The summed E-state index contributed by atoms with van der Waals surface area (Å²) in [5.41, 5.74) is 0. The number of carbonyl (C=O) groups excluding carboxylic acids is 1. The highest BCUT2D eigenvalue weighted by atomic mass is 16.5. The Hall–Kier alpha value is -1.30. The van der Waals surface area contributed by atoms with Gasteiger partial charge < -0.3 is 20.1 Å². The van der Waals surface area contributed by atoms with E-state index in [9.17, 15) is 9.59 Å². The Morgan fingerprint density at radius 2 is 1.94 bits per heavy atom. The Morgan fingerprint density at radius 3 is 2.38 bits per heavy atom. The van der Waals surface area contributed by atoms with E-state index in [2.05, 4.69) is 5.32 Å². The van der Waals surface area contributed by atoms with Crippen molar-refractivity contribution in [2.45, 2.75) is 18.9 Å². The van der Waals surface area contributed by atoms with Crippen molar-refractivity contribution in [2.24, 2.45) is 5.92 Å². The number of carbonyl (C=O) groups is 2. The van der Waals surface area contributed by atoms with E-state index >= 15 is 0 Å². The number of nitrogens with one attached hydrogen (secondary N) is 1. The van der Waals surface area contributed by atoms with Gasteiger partial charge in [-0.2, -0.15) is 0 Å². The fourth-order valence-corrected chi connectivity index (χ4v) is 1.84. The summed E-state index contributed by atoms with van der Waals surface area (Å²) in [5, 5.41) is 11.0. The minimum absolute atomic E-state index is 0.0275. The summed E-state index contributed by atoms with van der Waals surface area (Å²) < 4.78 is 5.19. The normalized spacial score (nSPS) is 18.9. The fourth-order valence-electron chi connectivity index (χ4n) is 1.84. The fraction of sp³-hybridized carbons (Fsp3) is 0.800. The molecule has 1 aliphatic heterocycles. The molecule has 6 nitrogen and oxygen atoms in total. The van der Waals surface area contributed by atoms with Crippen LogP contribution in [0.4, 0.5) is 4.79 Å². The number of likely N-dealkylation sites (N-methyl/N-ethyl adjacent to an activating group) is 1. The molecule has 1 fully saturated rings. The second-order valence-electron chi connectivity index (χ2n) is 4.11. The third-order valence-corrected chi connectivity index (χ3v) is 2.72. The molecule has 1 heterocycles. The molecule has 0 spiro atoms. The van der Waals surface area contributed by atoms with Gasteiger partial charge in [0.25, 0.3) is 0 Å². The van der Waals surface area contributed by atoms with Crippen LogP contribution >= 0.6 is 0 Å². The number of carboxylic acid groups (broad SMARTS) is 1. The van der Waals surface area contributed by atoms with Crippen molar-refractivity contribution < 1.29 is 19.4 Å². The van der Waals surface area contributed by atoms with E-state index in [1.807, 2.05) is 0 Å². The minimum atomic E-state index is -1.16. The van der Waals surface area contributed by atoms with Gasteiger partial charge in [0, 0.05) is 27.3 Å². The van der Waals surface area contributed by atoms with Gasteiger partial charge in [-0.3, -0.25) is 4.79 Å². The summed E-state index contributed by atoms with van der Waals surface area (Å²) in [6.45, 7) is 1.17. The van der Waals surface area contributed by atoms with Crippen LogP contribution in [0, 0.1) is 5.92 Å². The number of amides is 2. The molecule has 0 aliphatic carbocycles. The third kappa shape index (κ3) is 3.37. The maximum atomic E-state index is 11.8. The number of hydrogen-bond donors (Lipinski definition) is 2. The maximum Gasteiger partial charge on any atom is 0.405 e. The predicted molar refractivity (Wildman–Crippen MR) is 57.2 cm³/mol. The zero-order chi connectivity index (χ0) is 12.1. The molecule has 2 N–H and O–H groups in total. The van der Waals surface area contributed by atoms with E-state index < -0.39 is 12.1 Å². The van der Waals surface area contributed by atoms with Gasteiger partial charge in [-0.05, 0) is 18.8 Å². The van der Waals surface area contributed by atoms with E-state index in [1.165, 1.54) is 4.90 Å². The zero-order valence-electron chi connectivity index (χ0n) is 9.60. The van der Waals surface area contributed by atoms with Crippen molar-refractivity contribution in [3.8, 4) is 0 Å². The van der Waals surface area contributed by atoms with Crippen molar-refractivity contribution in [2.75, 3.05) is 27.3 Å². The summed E-state index contributed by atoms with van der Waals surface area (Å²) >= 11 is 0. The Bertz CT molecular complexity index is 262. The molecule has 0 aromatic heterocycles. The van der Waals surface area contributed by atoms with E-state index in [-0.39, 0.29) is 11.8 Å². The van der Waals surface area contributed by atoms with Crippen LogP contribution in [-0.2, 0) is 9.53 Å². The third-order valence-electron chi connectivity index (χ3n) is 2.72. The van der Waals surface area contributed by atoms with Gasteiger partial charge in [0.2, 0.25) is 5.91 Å². The average Bonchev–Trinajstić information content (AvgIpc) is 2.26. The zero-order valence-corrected chi connectivity index (χ0v) is 9.60. The number of ether oxygens (including phenoxy) is 1. The topological polar surface area (TPSA) is 78.9 Å². The molecule has 0 saturated carbocycles. The van der Waals surface area contributed by atoms with Gasteiger partial charge in [-0.15, -0.1) is 0 Å². The molecule has 6 heteroatoms. The SMILES string of the molecule is CN(C)C(=O)[C@@H](NC(=O)O)C1CCOCC1. The lowest BCUT2D eigenvalue weighted by Gasteiger charge is -2.30. The van der Waals surface area contributed by atoms with Crippen LogP contribution in [0.1, 0.15) is 12.8 Å². The monoisotopic (exact) mass is 230 g/mol. The molecule has 92 valence electrons. The molecule has 0 aromatic rings. The first kappa shape index (κ1) is 12.8. The van der Waals surface area contributed by atoms with Gasteiger partial charge in [-0.25, -0.2) is 4.79 Å². The van der Waals surface area contributed by atoms with Gasteiger partial charge >= 0.3 is 6.09 Å². The van der Waals surface area contributed by atoms with Crippen LogP contribution in [0.5, 0.6) is 0 Å². The summed E-state index contributed by atoms with van der Waals surface area (Å²) in [6, 6.07) is -0.656. The molecular weight excluding hydrogens is 212 g/mol. The van der Waals surface area contributed by atoms with Crippen LogP contribution in [0.2, 0.25) is 0 Å². The van der Waals surface area contributed by atoms with E-state index in [4.69, 9.17) is 9.84 Å². The molecule has 1 aliphatic rings. The Labute approximate surface area is 94.6 Å². The second-order valence-corrected chi connectivity index (χ2v) is 4.11. The van der Waals surface area contributed by atoms with Crippen LogP contribution in [0.15, 0.2) is 0 Å². The van der Waals surface area contributed by atoms with Crippen LogP contribution < -0.4 is 5.32 Å². The van der Waals surface area contributed by atoms with Gasteiger partial charge in [-0.1, -0.05) is 0 Å². The predicted octanol–water partition coefficient (Wildman–Crippen LogP) is 0.137. The highest BCUT2D eigenvalue weighted by molar-refractivity contribution is 5.85. The summed E-state index contributed by atoms with van der Waals surface area (Å²) in [4.78, 5) is 23.9. The van der Waals surface area contributed by atoms with Gasteiger partial charge in [0.1, 0.15) is 6.04 Å². The largest absolute Gasteiger partial charge is 0.465 e. The molecule has 1 atom stereocenters. The van der Waals surface area contributed by atoms with Crippen molar-refractivity contribution in [1.29, 1.82) is 0 Å². The lowest BCUT2D eigenvalue weighted by molar-refractivity contribution is -0.133. The molecular formula is C10H18N2O4. The lowest BCUT2D eigenvalue weighted by atomic mass is 9.91. The van der Waals surface area contributed by atoms with Crippen molar-refractivity contribution in [3.05, 3.63) is 0 Å². The smallest absolute Gasteiger partial charge is 0.405 e. The second kappa shape index (κ2) is 5.69. The minimum Gasteiger partial charge on any atom is -0.465 e. The number of rotatable bonds is 3. The molecule has 0 unspecified atom stereocenters. The van der Waals surface area contributed by atoms with Crippen molar-refractivity contribution in [3.63, 3.8) is 0 Å². The quantitative estimate of drug-likeness (QED) is 0.722. The summed E-state index contributed by atoms with van der Waals surface area (Å²) in [7, 11) is 3.25. The molecule has 0 aromatic carbocycles. The van der Waals surface area contributed by atoms with Crippen LogP contribution in [-0.4, -0.2) is 55.4 Å². The van der Waals surface area contributed by atoms with Crippen molar-refractivity contribution in [1.82, 2.24) is 10.2 Å². The molecule has 0 bridgehead atoms. The first-order valence-electron chi connectivity index (χ1n) is 5.30. The van der Waals surface area contributed by atoms with E-state index in [1.54, 1.807) is 14.1 Å². The van der Waals surface area contributed by atoms with Crippen LogP contribution in [0.3, 0.4) is 0 Å². The average molecular weight is 230 g/mol. The molecule has 0 radical (unpaired) electrons. The molecule has 2 amide bonds. The first-order valence-corrected chi connectivity index (χ1v) is 5.30. The van der Waals surface area contributed by atoms with Gasteiger partial charge in [0.15, 0.2) is 0 Å². The molecule has 1 saturated heterocycles. The Kier molecular flexibility index (Phi) is 4.54. The van der Waals surface area contributed by atoms with Crippen molar-refractivity contribution >= 4 is 12.0 Å². The highest BCUT2D eigenvalue weighted by Gasteiger charge is 2.32. The van der Waals surface area contributed by atoms with E-state index in [0.29, 0.717) is 26.1 Å². The van der Waals surface area contributed by atoms with Gasteiger partial charge in [0.05, 0.1) is 0 Å². The molecule has 16 heavy (non-hydrogen) atoms. The highest BCUT2D eigenvalue weighted by Crippen LogP contribution is 2.19. The Balaban J connectivity index is 2.68. The number of nitrogens with zero attached hydrogens (tertiary/aromatic N) is 1. The summed E-state index contributed by atoms with van der Waals surface area (Å²) in [5.74, 6) is -0.172. The standard InChI is InChI=1S/C10H18N2O4/c1-12(2)9(13)8(11-10(14)15)7-3-5-16-6-4-7/h7-8,11H,3-6H2,1-2H3,(H,14,15)/t8-/m0/s1. The van der Waals surface area contributed by atoms with E-state index in [0.717, 1.165) is 0 Å².